The number of rotatable bonds is 12. The van der Waals surface area contributed by atoms with Gasteiger partial charge in [-0.15, -0.1) is 0 Å². The lowest BCUT2D eigenvalue weighted by Gasteiger charge is -2.47. The maximum absolute atomic E-state index is 14.1. The van der Waals surface area contributed by atoms with Gasteiger partial charge in [-0.2, -0.15) is 13.2 Å². The third-order valence-corrected chi connectivity index (χ3v) is 15.5. The number of carbonyl (C=O) groups is 4. The molecule has 3 N–H and O–H groups in total. The lowest BCUT2D eigenvalue weighted by Crippen LogP contribution is -2.57. The number of anilines is 7. The number of hydrogen-bond acceptors (Lipinski definition) is 14. The zero-order chi connectivity index (χ0) is 54.1. The van der Waals surface area contributed by atoms with Crippen LogP contribution in [0.2, 0.25) is 0 Å². The minimum atomic E-state index is -4.74. The smallest absolute Gasteiger partial charge is 0.433 e. The van der Waals surface area contributed by atoms with E-state index in [4.69, 9.17) is 9.72 Å². The number of amides is 4. The number of alkyl halides is 3. The molecule has 1 aliphatic carbocycles. The van der Waals surface area contributed by atoms with E-state index in [0.29, 0.717) is 78.5 Å². The number of hydrogen-bond donors (Lipinski definition) is 3. The van der Waals surface area contributed by atoms with Gasteiger partial charge in [-0.05, 0) is 110 Å². The molecule has 6 aromatic rings. The number of fused-ring (bicyclic) bond motifs is 4. The molecule has 18 nitrogen and oxygen atoms in total. The van der Waals surface area contributed by atoms with E-state index in [2.05, 4.69) is 72.2 Å². The van der Waals surface area contributed by atoms with Crippen LogP contribution in [-0.2, 0) is 37.0 Å². The molecule has 4 aromatic heterocycles. The minimum Gasteiger partial charge on any atom is -0.478 e. The van der Waals surface area contributed by atoms with Crippen molar-refractivity contribution in [1.82, 2.24) is 29.4 Å². The summed E-state index contributed by atoms with van der Waals surface area (Å²) in [6.45, 7) is 14.5. The van der Waals surface area contributed by atoms with Crippen molar-refractivity contribution in [3.8, 4) is 17.1 Å². The average molecular weight is 1050 g/mol. The maximum Gasteiger partial charge on any atom is 0.433 e. The highest BCUT2D eigenvalue weighted by Crippen LogP contribution is 2.42. The zero-order valence-corrected chi connectivity index (χ0v) is 43.0. The molecular formula is C56H57F3N12O6. The molecular weight excluding hydrogens is 994 g/mol. The van der Waals surface area contributed by atoms with E-state index >= 15 is 0 Å². The van der Waals surface area contributed by atoms with Gasteiger partial charge in [0.25, 0.3) is 23.6 Å². The Morgan fingerprint density at radius 2 is 1.65 bits per heavy atom. The number of halogens is 3. The molecule has 4 aliphatic heterocycles. The molecule has 0 saturated carbocycles. The molecule has 0 bridgehead atoms. The van der Waals surface area contributed by atoms with Crippen molar-refractivity contribution in [1.29, 1.82) is 0 Å². The van der Waals surface area contributed by atoms with Gasteiger partial charge in [0.1, 0.15) is 17.2 Å². The lowest BCUT2D eigenvalue weighted by atomic mass is 9.90. The molecule has 77 heavy (non-hydrogen) atoms. The first-order chi connectivity index (χ1) is 36.9. The monoisotopic (exact) mass is 1050 g/mol. The van der Waals surface area contributed by atoms with Gasteiger partial charge in [-0.25, -0.2) is 19.9 Å². The second kappa shape index (κ2) is 19.8. The molecule has 11 rings (SSSR count). The van der Waals surface area contributed by atoms with E-state index in [1.807, 2.05) is 24.3 Å². The topological polar surface area (TPSA) is 194 Å². The molecule has 4 amide bonds. The van der Waals surface area contributed by atoms with Crippen molar-refractivity contribution in [3.05, 3.63) is 131 Å². The Morgan fingerprint density at radius 1 is 0.870 bits per heavy atom. The Labute approximate surface area is 442 Å². The van der Waals surface area contributed by atoms with Crippen molar-refractivity contribution in [2.24, 2.45) is 5.41 Å². The summed E-state index contributed by atoms with van der Waals surface area (Å²) < 4.78 is 48.1. The van der Waals surface area contributed by atoms with Crippen LogP contribution in [0, 0.1) is 5.41 Å². The van der Waals surface area contributed by atoms with Crippen molar-refractivity contribution in [2.45, 2.75) is 77.9 Å². The third-order valence-electron chi connectivity index (χ3n) is 15.5. The Morgan fingerprint density at radius 3 is 2.39 bits per heavy atom. The molecule has 398 valence electrons. The predicted octanol–water partition coefficient (Wildman–Crippen LogP) is 7.89. The highest BCUT2D eigenvalue weighted by Gasteiger charge is 2.41. The molecule has 21 heteroatoms. The highest BCUT2D eigenvalue weighted by atomic mass is 19.4. The van der Waals surface area contributed by atoms with Crippen LogP contribution in [0.15, 0.2) is 91.9 Å². The highest BCUT2D eigenvalue weighted by molar-refractivity contribution is 6.34. The molecule has 0 spiro atoms. The van der Waals surface area contributed by atoms with E-state index in [9.17, 15) is 37.5 Å². The Kier molecular flexibility index (Phi) is 13.1. The average Bonchev–Trinajstić information content (AvgIpc) is 4.22. The van der Waals surface area contributed by atoms with Crippen molar-refractivity contribution in [2.75, 3.05) is 76.6 Å². The fraction of sp³-hybridized carbons (Fsp3) is 0.357. The number of piperazine rings is 1. The maximum atomic E-state index is 14.1. The number of aliphatic hydroxyl groups excluding tert-OH is 1. The first-order valence-corrected chi connectivity index (χ1v) is 25.6. The van der Waals surface area contributed by atoms with Crippen LogP contribution in [0.1, 0.15) is 87.3 Å². The van der Waals surface area contributed by atoms with Gasteiger partial charge in [0, 0.05) is 98.5 Å². The summed E-state index contributed by atoms with van der Waals surface area (Å²) in [4.78, 5) is 80.6. The van der Waals surface area contributed by atoms with E-state index < -0.39 is 30.3 Å². The second-order valence-electron chi connectivity index (χ2n) is 20.9. The first-order valence-electron chi connectivity index (χ1n) is 25.6. The zero-order valence-electron chi connectivity index (χ0n) is 43.0. The molecule has 2 fully saturated rings. The number of pyridine rings is 2. The summed E-state index contributed by atoms with van der Waals surface area (Å²) >= 11 is 0. The molecule has 2 aromatic carbocycles. The number of nitrogens with one attached hydrogen (secondary N) is 2. The number of carbonyl (C=O) groups excluding carboxylic acids is 4. The second-order valence-corrected chi connectivity index (χ2v) is 20.9. The predicted molar refractivity (Wildman–Crippen MR) is 284 cm³/mol. The molecule has 5 aliphatic rings. The summed E-state index contributed by atoms with van der Waals surface area (Å²) in [7, 11) is 1.49. The Balaban J connectivity index is 0.763. The standard InChI is InChI=1S/C56H57F3N12O6/c1-6-48(73)64-42-24-34(63-49-51(77-5)62-29-43(65-49)38-12-16-61-50(41(38)31-72)70-22-21-69-45(54(70)76)23-33-27-55(3,4)28-46(33)69)7-10-44(42)68-20-19-67(30-32(68)2)35-13-17-66(18-14-35)36-8-9-39-40(25-36)53(75)71(52(39)74)37-11-15-60-47(26-37)56(57,58)59/h6-12,15-16,23-26,29,32,35,72H,1,13-14,17-22,27-28,30-31H2,2-5H3,(H,63,65)(H,64,73). The van der Waals surface area contributed by atoms with Gasteiger partial charge in [-0.1, -0.05) is 20.4 Å². The van der Waals surface area contributed by atoms with Crippen LogP contribution in [0.25, 0.3) is 11.3 Å². The quantitative estimate of drug-likeness (QED) is 0.0791. The number of piperidine rings is 1. The molecule has 1 unspecified atom stereocenters. The minimum absolute atomic E-state index is 0.0447. The van der Waals surface area contributed by atoms with Crippen LogP contribution in [-0.4, -0.2) is 117 Å². The van der Waals surface area contributed by atoms with E-state index in [1.54, 1.807) is 41.6 Å². The molecule has 0 radical (unpaired) electrons. The van der Waals surface area contributed by atoms with Crippen molar-refractivity contribution >= 4 is 63.7 Å². The van der Waals surface area contributed by atoms with Crippen LogP contribution in [0.3, 0.4) is 0 Å². The first kappa shape index (κ1) is 51.0. The lowest BCUT2D eigenvalue weighted by molar-refractivity contribution is -0.141. The SMILES string of the molecule is C=CC(=O)Nc1cc(Nc2nc(-c3ccnc(N4CCn5c(cc6c5CC(C)(C)C6)C4=O)c3CO)cnc2OC)ccc1N1CCN(C2CCN(c3ccc4c(c3)C(=O)N(c3ccnc(C(F)(F)F)c3)C4=O)CC2)CC1C. The number of aromatic nitrogens is 5. The Hall–Kier alpha value is -8.17. The molecule has 2 saturated heterocycles. The van der Waals surface area contributed by atoms with Gasteiger partial charge in [0.05, 0.1) is 53.8 Å². The van der Waals surface area contributed by atoms with Gasteiger partial charge < -0.3 is 34.8 Å². The van der Waals surface area contributed by atoms with E-state index in [1.165, 1.54) is 30.5 Å². The number of methoxy groups -OCH3 is 1. The van der Waals surface area contributed by atoms with Crippen molar-refractivity contribution in [3.63, 3.8) is 0 Å². The van der Waals surface area contributed by atoms with Crippen LogP contribution < -0.4 is 35.0 Å². The summed E-state index contributed by atoms with van der Waals surface area (Å²) in [6.07, 6.45) is 4.06. The molecule has 8 heterocycles. The normalized spacial score (nSPS) is 18.6. The van der Waals surface area contributed by atoms with Crippen LogP contribution in [0.4, 0.5) is 53.2 Å². The van der Waals surface area contributed by atoms with E-state index in [-0.39, 0.29) is 57.8 Å². The summed E-state index contributed by atoms with van der Waals surface area (Å²) in [6, 6.07) is 16.6. The number of aliphatic hydroxyl groups is 1. The third kappa shape index (κ3) is 9.40. The van der Waals surface area contributed by atoms with E-state index in [0.717, 1.165) is 61.2 Å². The number of ether oxygens (including phenoxy) is 1. The van der Waals surface area contributed by atoms with Gasteiger partial charge in [0.15, 0.2) is 5.82 Å². The summed E-state index contributed by atoms with van der Waals surface area (Å²) in [5.41, 5.74) is 6.18. The summed E-state index contributed by atoms with van der Waals surface area (Å²) in [5.74, 6) is -1.09. The van der Waals surface area contributed by atoms with Crippen molar-refractivity contribution < 1.29 is 42.2 Å². The fourth-order valence-corrected chi connectivity index (χ4v) is 11.8. The Bertz CT molecular complexity index is 3390. The summed E-state index contributed by atoms with van der Waals surface area (Å²) in [5, 5.41) is 17.2. The van der Waals surface area contributed by atoms with Gasteiger partial charge in [0.2, 0.25) is 5.91 Å². The van der Waals surface area contributed by atoms with Crippen LogP contribution in [0.5, 0.6) is 5.88 Å². The largest absolute Gasteiger partial charge is 0.478 e. The van der Waals surface area contributed by atoms with Gasteiger partial charge >= 0.3 is 6.18 Å². The number of nitrogens with zero attached hydrogens (tertiary/aromatic N) is 10. The molecule has 1 atom stereocenters. The number of benzene rings is 2. The van der Waals surface area contributed by atoms with Crippen LogP contribution >= 0.6 is 0 Å². The fourth-order valence-electron chi connectivity index (χ4n) is 11.8. The van der Waals surface area contributed by atoms with Gasteiger partial charge in [-0.3, -0.25) is 34.0 Å². The number of imide groups is 1.